The molecule has 0 fully saturated rings. The molecule has 8 heteroatoms. The minimum atomic E-state index is -1.08. The van der Waals surface area contributed by atoms with E-state index in [1.54, 1.807) is 6.92 Å². The summed E-state index contributed by atoms with van der Waals surface area (Å²) in [6.45, 7) is 0.645. The number of rotatable bonds is 12. The Kier molecular flexibility index (Phi) is 10.5. The summed E-state index contributed by atoms with van der Waals surface area (Å²) in [6.07, 6.45) is -1.59. The molecule has 3 unspecified atom stereocenters. The molecule has 0 saturated heterocycles. The van der Waals surface area contributed by atoms with E-state index in [0.717, 1.165) is 5.56 Å². The lowest BCUT2D eigenvalue weighted by molar-refractivity contribution is -0.152. The largest absolute Gasteiger partial charge is 0.461 e. The Labute approximate surface area is 152 Å². The molecule has 4 N–H and O–H groups in total. The number of benzene rings is 1. The van der Waals surface area contributed by atoms with Crippen LogP contribution < -0.4 is 5.32 Å². The zero-order valence-corrected chi connectivity index (χ0v) is 14.8. The Morgan fingerprint density at radius 3 is 2.35 bits per heavy atom. The van der Waals surface area contributed by atoms with Gasteiger partial charge in [-0.25, -0.2) is 4.79 Å². The maximum absolute atomic E-state index is 12.3. The molecule has 0 radical (unpaired) electrons. The van der Waals surface area contributed by atoms with E-state index in [1.165, 1.54) is 0 Å². The summed E-state index contributed by atoms with van der Waals surface area (Å²) in [5, 5.41) is 30.1. The first-order valence-electron chi connectivity index (χ1n) is 8.50. The van der Waals surface area contributed by atoms with E-state index in [0.29, 0.717) is 0 Å². The third-order valence-electron chi connectivity index (χ3n) is 3.47. The number of carbonyl (C=O) groups excluding carboxylic acids is 2. The van der Waals surface area contributed by atoms with E-state index < -0.39 is 30.8 Å². The highest BCUT2D eigenvalue weighted by molar-refractivity contribution is 5.84. The van der Waals surface area contributed by atoms with Crippen LogP contribution in [0.25, 0.3) is 0 Å². The highest BCUT2D eigenvalue weighted by Crippen LogP contribution is 2.06. The standard InChI is InChI=1S/C18H27NO7/c1-2-17(23)19-16(8-13-6-4-3-5-7-13)18(24)26-12-15(22)11-25-10-14(21)9-20/h3-7,14-16,20-22H,2,8-12H2,1H3,(H,19,23). The van der Waals surface area contributed by atoms with E-state index in [1.807, 2.05) is 30.3 Å². The summed E-state index contributed by atoms with van der Waals surface area (Å²) in [5.74, 6) is -0.921. The van der Waals surface area contributed by atoms with Gasteiger partial charge in [-0.15, -0.1) is 0 Å². The Morgan fingerprint density at radius 1 is 1.08 bits per heavy atom. The Balaban J connectivity index is 2.49. The second-order valence-electron chi connectivity index (χ2n) is 5.82. The number of amides is 1. The van der Waals surface area contributed by atoms with E-state index >= 15 is 0 Å². The lowest BCUT2D eigenvalue weighted by Gasteiger charge is -2.19. The fraction of sp³-hybridized carbons (Fsp3) is 0.556. The number of hydrogen-bond donors (Lipinski definition) is 4. The first kappa shape index (κ1) is 22.0. The van der Waals surface area contributed by atoms with Crippen molar-refractivity contribution in [2.24, 2.45) is 0 Å². The van der Waals surface area contributed by atoms with Gasteiger partial charge in [0.2, 0.25) is 5.91 Å². The molecule has 0 aliphatic carbocycles. The van der Waals surface area contributed by atoms with E-state index in [9.17, 15) is 14.7 Å². The molecule has 0 aromatic heterocycles. The summed E-state index contributed by atoms with van der Waals surface area (Å²) in [5.41, 5.74) is 0.868. The average Bonchev–Trinajstić information content (AvgIpc) is 2.66. The molecule has 0 bridgehead atoms. The van der Waals surface area contributed by atoms with Crippen LogP contribution in [0.1, 0.15) is 18.9 Å². The van der Waals surface area contributed by atoms with Crippen molar-refractivity contribution in [1.29, 1.82) is 0 Å². The Bertz CT molecular complexity index is 538. The van der Waals surface area contributed by atoms with Gasteiger partial charge < -0.3 is 30.1 Å². The third kappa shape index (κ3) is 8.91. The molecule has 1 amide bonds. The smallest absolute Gasteiger partial charge is 0.329 e. The van der Waals surface area contributed by atoms with Crippen LogP contribution in [0.5, 0.6) is 0 Å². The Morgan fingerprint density at radius 2 is 1.73 bits per heavy atom. The zero-order chi connectivity index (χ0) is 19.4. The number of carbonyl (C=O) groups is 2. The average molecular weight is 369 g/mol. The fourth-order valence-electron chi connectivity index (χ4n) is 2.06. The van der Waals surface area contributed by atoms with Gasteiger partial charge in [-0.05, 0) is 5.56 Å². The minimum absolute atomic E-state index is 0.134. The molecule has 1 aromatic carbocycles. The summed E-state index contributed by atoms with van der Waals surface area (Å²) >= 11 is 0. The van der Waals surface area contributed by atoms with Crippen molar-refractivity contribution >= 4 is 11.9 Å². The first-order chi connectivity index (χ1) is 12.5. The van der Waals surface area contributed by atoms with Crippen LogP contribution in [-0.4, -0.2) is 71.9 Å². The predicted molar refractivity (Wildman–Crippen MR) is 93.2 cm³/mol. The summed E-state index contributed by atoms with van der Waals surface area (Å²) in [6, 6.07) is 8.35. The van der Waals surface area contributed by atoms with Crippen molar-refractivity contribution in [1.82, 2.24) is 5.32 Å². The molecule has 146 valence electrons. The molecule has 1 aromatic rings. The highest BCUT2D eigenvalue weighted by Gasteiger charge is 2.23. The number of nitrogens with one attached hydrogen (secondary N) is 1. The second-order valence-corrected chi connectivity index (χ2v) is 5.82. The van der Waals surface area contributed by atoms with Gasteiger partial charge in [0, 0.05) is 12.8 Å². The van der Waals surface area contributed by atoms with Crippen molar-refractivity contribution in [3.8, 4) is 0 Å². The van der Waals surface area contributed by atoms with Crippen molar-refractivity contribution in [3.05, 3.63) is 35.9 Å². The molecule has 8 nitrogen and oxygen atoms in total. The van der Waals surface area contributed by atoms with Crippen molar-refractivity contribution in [2.45, 2.75) is 38.0 Å². The van der Waals surface area contributed by atoms with Crippen LogP contribution in [0.2, 0.25) is 0 Å². The van der Waals surface area contributed by atoms with Crippen molar-refractivity contribution in [2.75, 3.05) is 26.4 Å². The van der Waals surface area contributed by atoms with Gasteiger partial charge in [-0.2, -0.15) is 0 Å². The second kappa shape index (κ2) is 12.4. The molecule has 1 rings (SSSR count). The van der Waals surface area contributed by atoms with Crippen LogP contribution in [-0.2, 0) is 25.5 Å². The molecule has 0 saturated carbocycles. The molecule has 3 atom stereocenters. The third-order valence-corrected chi connectivity index (χ3v) is 3.47. The highest BCUT2D eigenvalue weighted by atomic mass is 16.6. The number of aliphatic hydroxyl groups excluding tert-OH is 3. The molecule has 0 aliphatic rings. The van der Waals surface area contributed by atoms with Gasteiger partial charge >= 0.3 is 5.97 Å². The Hall–Kier alpha value is -2.00. The quantitative estimate of drug-likeness (QED) is 0.363. The summed E-state index contributed by atoms with van der Waals surface area (Å²) in [4.78, 5) is 23.9. The molecule has 0 heterocycles. The van der Waals surface area contributed by atoms with Crippen molar-refractivity contribution in [3.63, 3.8) is 0 Å². The molecule has 0 aliphatic heterocycles. The monoisotopic (exact) mass is 369 g/mol. The van der Waals surface area contributed by atoms with Gasteiger partial charge in [0.25, 0.3) is 0 Å². The van der Waals surface area contributed by atoms with Gasteiger partial charge in [0.15, 0.2) is 0 Å². The maximum atomic E-state index is 12.3. The number of hydrogen-bond acceptors (Lipinski definition) is 7. The van der Waals surface area contributed by atoms with Gasteiger partial charge in [0.05, 0.1) is 19.8 Å². The first-order valence-corrected chi connectivity index (χ1v) is 8.50. The number of ether oxygens (including phenoxy) is 2. The van der Waals surface area contributed by atoms with Crippen LogP contribution in [0.3, 0.4) is 0 Å². The topological polar surface area (TPSA) is 125 Å². The molecular formula is C18H27NO7. The van der Waals surface area contributed by atoms with Crippen LogP contribution in [0.4, 0.5) is 0 Å². The normalized spacial score (nSPS) is 14.3. The van der Waals surface area contributed by atoms with Gasteiger partial charge in [-0.3, -0.25) is 4.79 Å². The van der Waals surface area contributed by atoms with Crippen LogP contribution in [0, 0.1) is 0 Å². The molecule has 26 heavy (non-hydrogen) atoms. The van der Waals surface area contributed by atoms with Crippen LogP contribution >= 0.6 is 0 Å². The predicted octanol–water partition coefficient (Wildman–Crippen LogP) is -0.602. The van der Waals surface area contributed by atoms with Gasteiger partial charge in [0.1, 0.15) is 24.9 Å². The van der Waals surface area contributed by atoms with Gasteiger partial charge in [-0.1, -0.05) is 37.3 Å². The van der Waals surface area contributed by atoms with E-state index in [4.69, 9.17) is 19.7 Å². The lowest BCUT2D eigenvalue weighted by Crippen LogP contribution is -2.44. The maximum Gasteiger partial charge on any atom is 0.329 e. The zero-order valence-electron chi connectivity index (χ0n) is 14.8. The minimum Gasteiger partial charge on any atom is -0.461 e. The van der Waals surface area contributed by atoms with E-state index in [2.05, 4.69) is 5.32 Å². The van der Waals surface area contributed by atoms with E-state index in [-0.39, 0.29) is 38.6 Å². The van der Waals surface area contributed by atoms with Crippen LogP contribution in [0.15, 0.2) is 30.3 Å². The lowest BCUT2D eigenvalue weighted by atomic mass is 10.1. The van der Waals surface area contributed by atoms with Crippen molar-refractivity contribution < 1.29 is 34.4 Å². The fourth-order valence-corrected chi connectivity index (χ4v) is 2.06. The number of aliphatic hydroxyl groups is 3. The summed E-state index contributed by atoms with van der Waals surface area (Å²) in [7, 11) is 0. The SMILES string of the molecule is CCC(=O)NC(Cc1ccccc1)C(=O)OCC(O)COCC(O)CO. The molecular weight excluding hydrogens is 342 g/mol. The number of esters is 1. The molecule has 0 spiro atoms. The summed E-state index contributed by atoms with van der Waals surface area (Å²) < 4.78 is 10.1.